The number of nitrogens with one attached hydrogen (secondary N) is 2. The van der Waals surface area contributed by atoms with Gasteiger partial charge in [0, 0.05) is 30.3 Å². The van der Waals surface area contributed by atoms with Gasteiger partial charge in [-0.15, -0.1) is 0 Å². The maximum Gasteiger partial charge on any atom is 0.229 e. The normalized spacial score (nSPS) is 20.7. The van der Waals surface area contributed by atoms with Gasteiger partial charge in [-0.3, -0.25) is 4.79 Å². The average molecular weight is 416 g/mol. The minimum atomic E-state index is -0.648. The molecule has 2 heterocycles. The highest BCUT2D eigenvalue weighted by atomic mass is 19.1. The highest BCUT2D eigenvalue weighted by Gasteiger charge is 2.39. The summed E-state index contributed by atoms with van der Waals surface area (Å²) >= 11 is 0. The zero-order valence-electron chi connectivity index (χ0n) is 17.7. The molecule has 2 aromatic rings. The minimum absolute atomic E-state index is 0.165. The van der Waals surface area contributed by atoms with Gasteiger partial charge >= 0.3 is 0 Å². The van der Waals surface area contributed by atoms with Gasteiger partial charge in [0.2, 0.25) is 11.9 Å². The van der Waals surface area contributed by atoms with Gasteiger partial charge < -0.3 is 20.5 Å². The van der Waals surface area contributed by atoms with Crippen LogP contribution >= 0.6 is 0 Å². The van der Waals surface area contributed by atoms with Gasteiger partial charge in [-0.2, -0.15) is 0 Å². The topological polar surface area (TPSA) is 96.4 Å². The second-order valence-electron chi connectivity index (χ2n) is 8.19. The van der Waals surface area contributed by atoms with Gasteiger partial charge in [-0.25, -0.2) is 14.4 Å². The van der Waals surface area contributed by atoms with Crippen molar-refractivity contribution in [2.45, 2.75) is 45.8 Å². The quantitative estimate of drug-likeness (QED) is 0.612. The van der Waals surface area contributed by atoms with E-state index in [1.807, 2.05) is 20.8 Å². The van der Waals surface area contributed by atoms with Crippen molar-refractivity contribution in [1.29, 1.82) is 0 Å². The van der Waals surface area contributed by atoms with Crippen LogP contribution in [0, 0.1) is 17.7 Å². The molecule has 1 saturated heterocycles. The van der Waals surface area contributed by atoms with Gasteiger partial charge in [-0.1, -0.05) is 19.9 Å². The van der Waals surface area contributed by atoms with Crippen molar-refractivity contribution in [3.8, 4) is 5.75 Å². The smallest absolute Gasteiger partial charge is 0.229 e. The fourth-order valence-corrected chi connectivity index (χ4v) is 3.54. The molecular weight excluding hydrogens is 387 g/mol. The molecule has 0 spiro atoms. The van der Waals surface area contributed by atoms with Gasteiger partial charge in [0.25, 0.3) is 0 Å². The van der Waals surface area contributed by atoms with E-state index in [9.17, 15) is 14.3 Å². The Kier molecular flexibility index (Phi) is 6.87. The highest BCUT2D eigenvalue weighted by molar-refractivity contribution is 5.85. The summed E-state index contributed by atoms with van der Waals surface area (Å²) in [6, 6.07) is 6.07. The molecule has 3 N–H and O–H groups in total. The van der Waals surface area contributed by atoms with Crippen LogP contribution < -0.4 is 15.4 Å². The Morgan fingerprint density at radius 1 is 1.30 bits per heavy atom. The van der Waals surface area contributed by atoms with Gasteiger partial charge in [-0.05, 0) is 31.9 Å². The molecule has 0 bridgehead atoms. The van der Waals surface area contributed by atoms with Crippen LogP contribution in [0.25, 0.3) is 0 Å². The maximum atomic E-state index is 14.6. The van der Waals surface area contributed by atoms with Crippen LogP contribution in [0.15, 0.2) is 30.5 Å². The highest BCUT2D eigenvalue weighted by Crippen LogP contribution is 2.31. The lowest BCUT2D eigenvalue weighted by Crippen LogP contribution is -2.25. The standard InChI is InChI=1S/C22H29FN4O3/c1-12(2)11-30-15-5-6-16(18(23)9-15)13(3)26-22-24-8-7-19(27-22)20-17(14(4)28)10-25-21(20)29/h5-9,12-14,17,20,28H,10-11H2,1-4H3,(H,25,29)(H,24,26,27)/t13-,14+,17?,20+/m0/s1. The fraction of sp³-hybridized carbons (Fsp3) is 0.500. The molecule has 1 aromatic carbocycles. The number of ether oxygens (including phenoxy) is 1. The van der Waals surface area contributed by atoms with E-state index in [-0.39, 0.29) is 17.6 Å². The summed E-state index contributed by atoms with van der Waals surface area (Å²) in [5.41, 5.74) is 0.986. The molecule has 1 fully saturated rings. The fourth-order valence-electron chi connectivity index (χ4n) is 3.54. The van der Waals surface area contributed by atoms with E-state index in [0.29, 0.717) is 42.0 Å². The van der Waals surface area contributed by atoms with Crippen LogP contribution in [-0.4, -0.2) is 40.2 Å². The lowest BCUT2D eigenvalue weighted by molar-refractivity contribution is -0.121. The van der Waals surface area contributed by atoms with Crippen molar-refractivity contribution >= 4 is 11.9 Å². The first-order valence-electron chi connectivity index (χ1n) is 10.2. The van der Waals surface area contributed by atoms with Crippen LogP contribution in [0.5, 0.6) is 5.75 Å². The monoisotopic (exact) mass is 416 g/mol. The van der Waals surface area contributed by atoms with Crippen LogP contribution in [0.2, 0.25) is 0 Å². The first-order valence-corrected chi connectivity index (χ1v) is 10.2. The predicted octanol–water partition coefficient (Wildman–Crippen LogP) is 3.03. The Morgan fingerprint density at radius 3 is 2.73 bits per heavy atom. The first kappa shape index (κ1) is 22.0. The number of aromatic nitrogens is 2. The summed E-state index contributed by atoms with van der Waals surface area (Å²) in [5.74, 6) is -0.201. The number of rotatable bonds is 8. The van der Waals surface area contributed by atoms with Crippen molar-refractivity contribution in [2.75, 3.05) is 18.5 Å². The molecule has 8 heteroatoms. The Bertz CT molecular complexity index is 890. The molecule has 4 atom stereocenters. The van der Waals surface area contributed by atoms with Crippen molar-refractivity contribution in [2.24, 2.45) is 11.8 Å². The molecule has 162 valence electrons. The average Bonchev–Trinajstić information content (AvgIpc) is 3.08. The van der Waals surface area contributed by atoms with Crippen molar-refractivity contribution in [3.63, 3.8) is 0 Å². The van der Waals surface area contributed by atoms with Gasteiger partial charge in [0.1, 0.15) is 11.6 Å². The number of hydrogen-bond acceptors (Lipinski definition) is 6. The van der Waals surface area contributed by atoms with Crippen molar-refractivity contribution < 1.29 is 19.0 Å². The zero-order chi connectivity index (χ0) is 21.8. The molecule has 0 saturated carbocycles. The van der Waals surface area contributed by atoms with E-state index in [0.717, 1.165) is 0 Å². The summed E-state index contributed by atoms with van der Waals surface area (Å²) in [6.45, 7) is 8.46. The lowest BCUT2D eigenvalue weighted by Gasteiger charge is -2.20. The van der Waals surface area contributed by atoms with E-state index >= 15 is 0 Å². The van der Waals surface area contributed by atoms with E-state index in [4.69, 9.17) is 4.74 Å². The second kappa shape index (κ2) is 9.38. The van der Waals surface area contributed by atoms with E-state index in [1.165, 1.54) is 6.07 Å². The van der Waals surface area contributed by atoms with Crippen LogP contribution in [-0.2, 0) is 4.79 Å². The Balaban J connectivity index is 1.74. The molecule has 1 unspecified atom stereocenters. The van der Waals surface area contributed by atoms with Gasteiger partial charge in [0.05, 0.1) is 30.4 Å². The third kappa shape index (κ3) is 5.05. The maximum absolute atomic E-state index is 14.6. The van der Waals surface area contributed by atoms with E-state index < -0.39 is 18.1 Å². The van der Waals surface area contributed by atoms with Crippen LogP contribution in [0.4, 0.5) is 10.3 Å². The number of amides is 1. The molecule has 30 heavy (non-hydrogen) atoms. The molecule has 0 aliphatic carbocycles. The number of nitrogens with zero attached hydrogens (tertiary/aromatic N) is 2. The summed E-state index contributed by atoms with van der Waals surface area (Å²) in [7, 11) is 0. The zero-order valence-corrected chi connectivity index (χ0v) is 17.7. The first-order chi connectivity index (χ1) is 14.3. The molecule has 0 radical (unpaired) electrons. The van der Waals surface area contributed by atoms with Crippen molar-refractivity contribution in [1.82, 2.24) is 15.3 Å². The second-order valence-corrected chi connectivity index (χ2v) is 8.19. The van der Waals surface area contributed by atoms with Gasteiger partial charge in [0.15, 0.2) is 0 Å². The van der Waals surface area contributed by atoms with Crippen LogP contribution in [0.1, 0.15) is 50.9 Å². The summed E-state index contributed by atoms with van der Waals surface area (Å²) < 4.78 is 20.2. The SMILES string of the molecule is CC(C)COc1ccc([C@H](C)Nc2nccc([C@@H]3C(=O)NCC3[C@@H](C)O)n2)c(F)c1. The molecule has 1 aliphatic heterocycles. The number of carbonyl (C=O) groups is 1. The molecule has 1 aliphatic rings. The number of carbonyl (C=O) groups excluding carboxylic acids is 1. The summed E-state index contributed by atoms with van der Waals surface area (Å²) in [5, 5.41) is 15.9. The number of aliphatic hydroxyl groups is 1. The van der Waals surface area contributed by atoms with Crippen molar-refractivity contribution in [3.05, 3.63) is 47.5 Å². The number of aliphatic hydroxyl groups excluding tert-OH is 1. The molecule has 1 amide bonds. The number of anilines is 1. The summed E-state index contributed by atoms with van der Waals surface area (Å²) in [4.78, 5) is 20.9. The number of benzene rings is 1. The number of halogens is 1. The number of hydrogen-bond donors (Lipinski definition) is 3. The molecule has 3 rings (SSSR count). The molecule has 7 nitrogen and oxygen atoms in total. The largest absolute Gasteiger partial charge is 0.493 e. The Hall–Kier alpha value is -2.74. The third-order valence-electron chi connectivity index (χ3n) is 5.21. The summed E-state index contributed by atoms with van der Waals surface area (Å²) in [6.07, 6.45) is 0.908. The minimum Gasteiger partial charge on any atom is -0.493 e. The van der Waals surface area contributed by atoms with E-state index in [2.05, 4.69) is 20.6 Å². The third-order valence-corrected chi connectivity index (χ3v) is 5.21. The Labute approximate surface area is 176 Å². The lowest BCUT2D eigenvalue weighted by atomic mass is 9.88. The molecule has 1 aromatic heterocycles. The predicted molar refractivity (Wildman–Crippen MR) is 112 cm³/mol. The molecular formula is C22H29FN4O3. The van der Waals surface area contributed by atoms with Crippen LogP contribution in [0.3, 0.4) is 0 Å². The van der Waals surface area contributed by atoms with E-state index in [1.54, 1.807) is 31.3 Å². The Morgan fingerprint density at radius 2 is 2.07 bits per heavy atom.